The van der Waals surface area contributed by atoms with E-state index in [0.29, 0.717) is 0 Å². The lowest BCUT2D eigenvalue weighted by atomic mass is 10.2. The van der Waals surface area contributed by atoms with E-state index in [0.717, 1.165) is 64.8 Å². The molecule has 0 radical (unpaired) electrons. The Morgan fingerprint density at radius 1 is 0.636 bits per heavy atom. The van der Waals surface area contributed by atoms with Gasteiger partial charge in [-0.1, -0.05) is 65.9 Å². The molecule has 0 rings (SSSR count). The highest BCUT2D eigenvalue weighted by Gasteiger charge is 2.38. The van der Waals surface area contributed by atoms with Crippen molar-refractivity contribution in [3.63, 3.8) is 0 Å². The molecule has 0 aliphatic heterocycles. The summed E-state index contributed by atoms with van der Waals surface area (Å²) in [4.78, 5) is 0. The lowest BCUT2D eigenvalue weighted by Crippen LogP contribution is -2.45. The standard InChI is InChI=1S/C18H38O3Si/c1-5-9-13-14-18-22(19-15-10-6-2,20-16-11-7-3)21-17-12-8-4/h14,18H,5-13,15-17H2,1-4H3/b18-14+. The SMILES string of the molecule is CCCC/C=C/[Si](OCCCC)(OCCCC)OCCCC. The molecule has 0 aromatic carbocycles. The van der Waals surface area contributed by atoms with Gasteiger partial charge in [-0.15, -0.1) is 0 Å². The first-order valence-electron chi connectivity index (χ1n) is 9.34. The van der Waals surface area contributed by atoms with E-state index in [1.807, 2.05) is 0 Å². The average Bonchev–Trinajstić information content (AvgIpc) is 2.52. The minimum atomic E-state index is -2.64. The van der Waals surface area contributed by atoms with Gasteiger partial charge >= 0.3 is 8.80 Å². The number of rotatable bonds is 16. The number of hydrogen-bond donors (Lipinski definition) is 0. The summed E-state index contributed by atoms with van der Waals surface area (Å²) in [5.41, 5.74) is 2.13. The average molecular weight is 331 g/mol. The first kappa shape index (κ1) is 21.8. The Hall–Kier alpha value is -0.163. The predicted octanol–water partition coefficient (Wildman–Crippen LogP) is 5.66. The van der Waals surface area contributed by atoms with Crippen LogP contribution in [-0.4, -0.2) is 28.6 Å². The lowest BCUT2D eigenvalue weighted by molar-refractivity contribution is 0.0684. The molecule has 0 heterocycles. The molecule has 3 nitrogen and oxygen atoms in total. The summed E-state index contributed by atoms with van der Waals surface area (Å²) in [6.45, 7) is 11.0. The van der Waals surface area contributed by atoms with Crippen LogP contribution in [-0.2, 0) is 13.3 Å². The van der Waals surface area contributed by atoms with E-state index in [-0.39, 0.29) is 0 Å². The second-order valence-corrected chi connectivity index (χ2v) is 8.16. The molecule has 0 aliphatic carbocycles. The summed E-state index contributed by atoms with van der Waals surface area (Å²) in [6.07, 6.45) is 12.3. The van der Waals surface area contributed by atoms with Gasteiger partial charge in [0, 0.05) is 19.8 Å². The van der Waals surface area contributed by atoms with E-state index < -0.39 is 8.80 Å². The van der Waals surface area contributed by atoms with Crippen molar-refractivity contribution < 1.29 is 13.3 Å². The van der Waals surface area contributed by atoms with Crippen molar-refractivity contribution in [3.05, 3.63) is 11.8 Å². The van der Waals surface area contributed by atoms with E-state index in [4.69, 9.17) is 13.3 Å². The van der Waals surface area contributed by atoms with Crippen molar-refractivity contribution >= 4 is 8.80 Å². The Morgan fingerprint density at radius 3 is 1.41 bits per heavy atom. The molecule has 0 aromatic heterocycles. The minimum Gasteiger partial charge on any atom is -0.370 e. The summed E-state index contributed by atoms with van der Waals surface area (Å²) in [5, 5.41) is 0. The Bertz CT molecular complexity index is 230. The van der Waals surface area contributed by atoms with Crippen molar-refractivity contribution in [2.45, 2.75) is 85.5 Å². The highest BCUT2D eigenvalue weighted by atomic mass is 28.4. The molecule has 0 saturated carbocycles. The molecular formula is C18H38O3Si. The third-order valence-corrected chi connectivity index (χ3v) is 5.91. The van der Waals surface area contributed by atoms with Crippen LogP contribution >= 0.6 is 0 Å². The van der Waals surface area contributed by atoms with Crippen molar-refractivity contribution in [2.24, 2.45) is 0 Å². The molecule has 0 aromatic rings. The van der Waals surface area contributed by atoms with Gasteiger partial charge in [0.05, 0.1) is 0 Å². The summed E-state index contributed by atoms with van der Waals surface area (Å²) in [7, 11) is -2.64. The van der Waals surface area contributed by atoms with E-state index in [1.165, 1.54) is 12.8 Å². The molecule has 22 heavy (non-hydrogen) atoms. The van der Waals surface area contributed by atoms with Crippen molar-refractivity contribution in [1.29, 1.82) is 0 Å². The Kier molecular flexibility index (Phi) is 15.6. The van der Waals surface area contributed by atoms with Gasteiger partial charge in [-0.05, 0) is 31.4 Å². The third kappa shape index (κ3) is 11.4. The normalized spacial score (nSPS) is 12.4. The zero-order chi connectivity index (χ0) is 16.5. The highest BCUT2D eigenvalue weighted by molar-refractivity contribution is 6.66. The topological polar surface area (TPSA) is 27.7 Å². The van der Waals surface area contributed by atoms with Gasteiger partial charge in [0.1, 0.15) is 0 Å². The molecule has 4 heteroatoms. The fourth-order valence-electron chi connectivity index (χ4n) is 1.90. The number of hydrogen-bond acceptors (Lipinski definition) is 3. The monoisotopic (exact) mass is 330 g/mol. The summed E-state index contributed by atoms with van der Waals surface area (Å²) in [5.74, 6) is 0. The van der Waals surface area contributed by atoms with Gasteiger partial charge in [-0.2, -0.15) is 0 Å². The van der Waals surface area contributed by atoms with Crippen molar-refractivity contribution in [2.75, 3.05) is 19.8 Å². The zero-order valence-electron chi connectivity index (χ0n) is 15.4. The summed E-state index contributed by atoms with van der Waals surface area (Å²) >= 11 is 0. The Morgan fingerprint density at radius 2 is 1.05 bits per heavy atom. The maximum Gasteiger partial charge on any atom is 0.529 e. The van der Waals surface area contributed by atoms with E-state index in [1.54, 1.807) is 0 Å². The number of allylic oxidation sites excluding steroid dienone is 1. The maximum absolute atomic E-state index is 6.15. The van der Waals surface area contributed by atoms with Gasteiger partial charge < -0.3 is 13.3 Å². The van der Waals surface area contributed by atoms with Crippen LogP contribution in [0.5, 0.6) is 0 Å². The van der Waals surface area contributed by atoms with Crippen LogP contribution in [0.2, 0.25) is 0 Å². The molecule has 0 atom stereocenters. The Balaban J connectivity index is 4.71. The third-order valence-electron chi connectivity index (χ3n) is 3.45. The first-order valence-corrected chi connectivity index (χ1v) is 11.1. The molecule has 0 unspecified atom stereocenters. The molecule has 0 spiro atoms. The summed E-state index contributed by atoms with van der Waals surface area (Å²) < 4.78 is 18.5. The fourth-order valence-corrected chi connectivity index (χ4v) is 4.18. The van der Waals surface area contributed by atoms with Gasteiger partial charge in [-0.25, -0.2) is 0 Å². The molecule has 0 bridgehead atoms. The molecular weight excluding hydrogens is 292 g/mol. The van der Waals surface area contributed by atoms with Crippen LogP contribution in [0.4, 0.5) is 0 Å². The zero-order valence-corrected chi connectivity index (χ0v) is 16.4. The number of unbranched alkanes of at least 4 members (excludes halogenated alkanes) is 5. The van der Waals surface area contributed by atoms with E-state index >= 15 is 0 Å². The van der Waals surface area contributed by atoms with Gasteiger partial charge in [0.2, 0.25) is 0 Å². The second kappa shape index (κ2) is 15.7. The van der Waals surface area contributed by atoms with Gasteiger partial charge in [-0.3, -0.25) is 0 Å². The van der Waals surface area contributed by atoms with E-state index in [9.17, 15) is 0 Å². The largest absolute Gasteiger partial charge is 0.529 e. The second-order valence-electron chi connectivity index (χ2n) is 5.75. The van der Waals surface area contributed by atoms with Crippen molar-refractivity contribution in [1.82, 2.24) is 0 Å². The molecule has 0 saturated heterocycles. The quantitative estimate of drug-likeness (QED) is 0.270. The van der Waals surface area contributed by atoms with Gasteiger partial charge in [0.15, 0.2) is 0 Å². The van der Waals surface area contributed by atoms with E-state index in [2.05, 4.69) is 39.5 Å². The minimum absolute atomic E-state index is 0.735. The molecule has 0 aliphatic rings. The first-order chi connectivity index (χ1) is 10.7. The lowest BCUT2D eigenvalue weighted by Gasteiger charge is -2.27. The van der Waals surface area contributed by atoms with Gasteiger partial charge in [0.25, 0.3) is 0 Å². The summed E-state index contributed by atoms with van der Waals surface area (Å²) in [6, 6.07) is 0. The Labute approximate surface area is 139 Å². The molecule has 0 amide bonds. The predicted molar refractivity (Wildman–Crippen MR) is 97.0 cm³/mol. The molecule has 0 N–H and O–H groups in total. The van der Waals surface area contributed by atoms with Crippen LogP contribution in [0.3, 0.4) is 0 Å². The fraction of sp³-hybridized carbons (Fsp3) is 0.889. The highest BCUT2D eigenvalue weighted by Crippen LogP contribution is 2.16. The van der Waals surface area contributed by atoms with Crippen LogP contribution in [0.25, 0.3) is 0 Å². The van der Waals surface area contributed by atoms with Crippen LogP contribution < -0.4 is 0 Å². The van der Waals surface area contributed by atoms with Crippen molar-refractivity contribution in [3.8, 4) is 0 Å². The van der Waals surface area contributed by atoms with Crippen LogP contribution in [0, 0.1) is 0 Å². The maximum atomic E-state index is 6.15. The van der Waals surface area contributed by atoms with Crippen LogP contribution in [0.1, 0.15) is 85.5 Å². The molecule has 132 valence electrons. The molecule has 0 fully saturated rings. The smallest absolute Gasteiger partial charge is 0.370 e. The van der Waals surface area contributed by atoms with Crippen LogP contribution in [0.15, 0.2) is 11.8 Å².